The highest BCUT2D eigenvalue weighted by Gasteiger charge is 2.16. The molecule has 0 fully saturated rings. The lowest BCUT2D eigenvalue weighted by molar-refractivity contribution is -0.124. The summed E-state index contributed by atoms with van der Waals surface area (Å²) in [4.78, 5) is 16.2. The van der Waals surface area contributed by atoms with Crippen molar-refractivity contribution in [2.24, 2.45) is 0 Å². The Morgan fingerprint density at radius 2 is 2.21 bits per heavy atom. The van der Waals surface area contributed by atoms with E-state index in [1.807, 2.05) is 25.3 Å². The van der Waals surface area contributed by atoms with Crippen molar-refractivity contribution in [3.63, 3.8) is 0 Å². The Kier molecular flexibility index (Phi) is 4.26. The Morgan fingerprint density at radius 1 is 1.47 bits per heavy atom. The van der Waals surface area contributed by atoms with Crippen molar-refractivity contribution in [2.45, 2.75) is 39.8 Å². The number of imidazole rings is 1. The van der Waals surface area contributed by atoms with Crippen LogP contribution in [-0.2, 0) is 17.8 Å². The van der Waals surface area contributed by atoms with Gasteiger partial charge in [0.05, 0.1) is 6.54 Å². The summed E-state index contributed by atoms with van der Waals surface area (Å²) < 4.78 is 1.84. The predicted molar refractivity (Wildman–Crippen MR) is 72.8 cm³/mol. The van der Waals surface area contributed by atoms with Gasteiger partial charge < -0.3 is 9.88 Å². The maximum Gasteiger partial charge on any atom is 0.243 e. The molecule has 0 saturated carbocycles. The Morgan fingerprint density at radius 3 is 2.79 bits per heavy atom. The Labute approximate surface area is 115 Å². The molecule has 1 amide bonds. The fourth-order valence-corrected chi connectivity index (χ4v) is 2.46. The van der Waals surface area contributed by atoms with E-state index in [1.165, 1.54) is 11.3 Å². The van der Waals surface area contributed by atoms with E-state index in [-0.39, 0.29) is 11.9 Å². The van der Waals surface area contributed by atoms with Gasteiger partial charge in [-0.25, -0.2) is 4.98 Å². The van der Waals surface area contributed by atoms with E-state index in [1.54, 1.807) is 12.4 Å². The quantitative estimate of drug-likeness (QED) is 0.900. The molecule has 1 atom stereocenters. The summed E-state index contributed by atoms with van der Waals surface area (Å²) in [5.74, 6) is 0.779. The second kappa shape index (κ2) is 5.92. The van der Waals surface area contributed by atoms with Crippen molar-refractivity contribution in [3.8, 4) is 0 Å². The summed E-state index contributed by atoms with van der Waals surface area (Å²) in [5.41, 5.74) is 0. The maximum atomic E-state index is 12.0. The zero-order chi connectivity index (χ0) is 13.8. The molecule has 2 aromatic heterocycles. The van der Waals surface area contributed by atoms with Gasteiger partial charge in [-0.2, -0.15) is 0 Å². The van der Waals surface area contributed by atoms with Crippen LogP contribution in [0.25, 0.3) is 0 Å². The second-order valence-electron chi connectivity index (χ2n) is 4.22. The summed E-state index contributed by atoms with van der Waals surface area (Å²) in [6.45, 7) is 6.19. The average molecular weight is 279 g/mol. The SMILES string of the molecule is CCc1nnc(CNC(=O)[C@H](C)n2ccnc2C)s1. The second-order valence-corrected chi connectivity index (χ2v) is 5.37. The van der Waals surface area contributed by atoms with Crippen LogP contribution in [0.2, 0.25) is 0 Å². The van der Waals surface area contributed by atoms with Gasteiger partial charge in [-0.15, -0.1) is 10.2 Å². The van der Waals surface area contributed by atoms with Crippen LogP contribution in [0.5, 0.6) is 0 Å². The molecule has 0 bridgehead atoms. The Balaban J connectivity index is 1.92. The molecule has 2 rings (SSSR count). The van der Waals surface area contributed by atoms with E-state index in [2.05, 4.69) is 20.5 Å². The highest BCUT2D eigenvalue weighted by atomic mass is 32.1. The lowest BCUT2D eigenvalue weighted by atomic mass is 10.3. The van der Waals surface area contributed by atoms with Crippen molar-refractivity contribution >= 4 is 17.2 Å². The zero-order valence-corrected chi connectivity index (χ0v) is 12.1. The van der Waals surface area contributed by atoms with E-state index < -0.39 is 0 Å². The summed E-state index contributed by atoms with van der Waals surface area (Å²) in [7, 11) is 0. The summed E-state index contributed by atoms with van der Waals surface area (Å²) in [6.07, 6.45) is 4.37. The maximum absolute atomic E-state index is 12.0. The number of rotatable bonds is 5. The predicted octanol–water partition coefficient (Wildman–Crippen LogP) is 1.48. The van der Waals surface area contributed by atoms with Crippen molar-refractivity contribution in [1.82, 2.24) is 25.1 Å². The van der Waals surface area contributed by atoms with Crippen molar-refractivity contribution in [1.29, 1.82) is 0 Å². The summed E-state index contributed by atoms with van der Waals surface area (Å²) in [5, 5.41) is 12.8. The number of aryl methyl sites for hydroxylation is 2. The third kappa shape index (κ3) is 3.17. The molecule has 2 aromatic rings. The van der Waals surface area contributed by atoms with Crippen LogP contribution in [-0.4, -0.2) is 25.7 Å². The molecular weight excluding hydrogens is 262 g/mol. The monoisotopic (exact) mass is 279 g/mol. The minimum atomic E-state index is -0.277. The van der Waals surface area contributed by atoms with E-state index in [9.17, 15) is 4.79 Å². The highest BCUT2D eigenvalue weighted by Crippen LogP contribution is 2.11. The molecule has 2 heterocycles. The normalized spacial score (nSPS) is 12.4. The Hall–Kier alpha value is -1.76. The molecule has 7 heteroatoms. The van der Waals surface area contributed by atoms with Crippen LogP contribution < -0.4 is 5.32 Å². The number of nitrogens with one attached hydrogen (secondary N) is 1. The van der Waals surface area contributed by atoms with Gasteiger partial charge in [0, 0.05) is 12.4 Å². The van der Waals surface area contributed by atoms with Crippen LogP contribution in [0.1, 0.15) is 35.7 Å². The van der Waals surface area contributed by atoms with Crippen molar-refractivity contribution in [2.75, 3.05) is 0 Å². The molecule has 1 N–H and O–H groups in total. The van der Waals surface area contributed by atoms with E-state index in [0.29, 0.717) is 6.54 Å². The highest BCUT2D eigenvalue weighted by molar-refractivity contribution is 7.11. The number of amides is 1. The molecule has 0 aliphatic carbocycles. The lowest BCUT2D eigenvalue weighted by Crippen LogP contribution is -2.30. The zero-order valence-electron chi connectivity index (χ0n) is 11.3. The molecule has 0 aliphatic heterocycles. The van der Waals surface area contributed by atoms with Gasteiger partial charge in [0.15, 0.2) is 0 Å². The fraction of sp³-hybridized carbons (Fsp3) is 0.500. The molecule has 0 unspecified atom stereocenters. The molecule has 0 aromatic carbocycles. The van der Waals surface area contributed by atoms with E-state index in [0.717, 1.165) is 22.3 Å². The van der Waals surface area contributed by atoms with Crippen LogP contribution in [0.4, 0.5) is 0 Å². The molecule has 0 aliphatic rings. The van der Waals surface area contributed by atoms with Crippen LogP contribution in [0.3, 0.4) is 0 Å². The molecule has 102 valence electrons. The third-order valence-electron chi connectivity index (χ3n) is 2.88. The van der Waals surface area contributed by atoms with Crippen LogP contribution in [0.15, 0.2) is 12.4 Å². The number of hydrogen-bond acceptors (Lipinski definition) is 5. The largest absolute Gasteiger partial charge is 0.348 e. The van der Waals surface area contributed by atoms with Gasteiger partial charge in [-0.1, -0.05) is 18.3 Å². The van der Waals surface area contributed by atoms with Gasteiger partial charge in [0.1, 0.15) is 21.9 Å². The van der Waals surface area contributed by atoms with E-state index >= 15 is 0 Å². The van der Waals surface area contributed by atoms with Gasteiger partial charge in [-0.05, 0) is 20.3 Å². The molecule has 19 heavy (non-hydrogen) atoms. The van der Waals surface area contributed by atoms with Gasteiger partial charge in [0.25, 0.3) is 0 Å². The minimum Gasteiger partial charge on any atom is -0.348 e. The standard InChI is InChI=1S/C12H17N5OS/c1-4-10-15-16-11(19-10)7-14-12(18)8(2)17-6-5-13-9(17)3/h5-6,8H,4,7H2,1-3H3,(H,14,18)/t8-/m0/s1. The molecule has 0 radical (unpaired) electrons. The van der Waals surface area contributed by atoms with Crippen molar-refractivity contribution in [3.05, 3.63) is 28.2 Å². The molecule has 0 saturated heterocycles. The summed E-state index contributed by atoms with van der Waals surface area (Å²) >= 11 is 1.53. The first-order valence-electron chi connectivity index (χ1n) is 6.20. The van der Waals surface area contributed by atoms with Crippen LogP contribution >= 0.6 is 11.3 Å². The molecule has 0 spiro atoms. The summed E-state index contributed by atoms with van der Waals surface area (Å²) in [6, 6.07) is -0.277. The van der Waals surface area contributed by atoms with Crippen molar-refractivity contribution < 1.29 is 4.79 Å². The number of hydrogen-bond donors (Lipinski definition) is 1. The molecule has 6 nitrogen and oxygen atoms in total. The first-order chi connectivity index (χ1) is 9.11. The first kappa shape index (κ1) is 13.7. The van der Waals surface area contributed by atoms with Gasteiger partial charge in [-0.3, -0.25) is 4.79 Å². The smallest absolute Gasteiger partial charge is 0.243 e. The van der Waals surface area contributed by atoms with Gasteiger partial charge in [0.2, 0.25) is 5.91 Å². The number of carbonyl (C=O) groups is 1. The third-order valence-corrected chi connectivity index (χ3v) is 3.95. The van der Waals surface area contributed by atoms with E-state index in [4.69, 9.17) is 0 Å². The topological polar surface area (TPSA) is 72.7 Å². The lowest BCUT2D eigenvalue weighted by Gasteiger charge is -2.14. The first-order valence-corrected chi connectivity index (χ1v) is 7.02. The van der Waals surface area contributed by atoms with Gasteiger partial charge >= 0.3 is 0 Å². The number of carbonyl (C=O) groups excluding carboxylic acids is 1. The average Bonchev–Trinajstić information content (AvgIpc) is 3.03. The number of aromatic nitrogens is 4. The van der Waals surface area contributed by atoms with Crippen LogP contribution in [0, 0.1) is 6.92 Å². The Bertz CT molecular complexity index is 562. The number of nitrogens with zero attached hydrogens (tertiary/aromatic N) is 4. The molecular formula is C12H17N5OS. The minimum absolute atomic E-state index is 0.0469. The fourth-order valence-electron chi connectivity index (χ4n) is 1.74.